The highest BCUT2D eigenvalue weighted by Crippen LogP contribution is 2.30. The molecule has 12 nitrogen and oxygen atoms in total. The first kappa shape index (κ1) is 44.1. The molecule has 10 atom stereocenters. The molecule has 51 heavy (non-hydrogen) atoms. The van der Waals surface area contributed by atoms with Crippen molar-refractivity contribution in [3.05, 3.63) is 35.9 Å². The van der Waals surface area contributed by atoms with Gasteiger partial charge in [-0.05, 0) is 50.1 Å². The minimum absolute atomic E-state index is 0.0148. The van der Waals surface area contributed by atoms with E-state index in [1.165, 1.54) is 0 Å². The van der Waals surface area contributed by atoms with E-state index in [0.717, 1.165) is 12.8 Å². The second kappa shape index (κ2) is 20.8. The predicted octanol–water partition coefficient (Wildman–Crippen LogP) is 3.53. The van der Waals surface area contributed by atoms with Gasteiger partial charge in [0.2, 0.25) is 23.6 Å². The largest absolute Gasteiger partial charge is 0.386 e. The van der Waals surface area contributed by atoms with E-state index < -0.39 is 48.4 Å². The molecule has 12 heteroatoms. The number of aliphatic hydroxyl groups is 1. The normalized spacial score (nSPS) is 20.1. The summed E-state index contributed by atoms with van der Waals surface area (Å²) in [7, 11) is 6.57. The summed E-state index contributed by atoms with van der Waals surface area (Å²) >= 11 is 0. The number of rotatable bonds is 20. The second-order valence-electron chi connectivity index (χ2n) is 15.0. The Labute approximate surface area is 306 Å². The molecule has 0 unspecified atom stereocenters. The summed E-state index contributed by atoms with van der Waals surface area (Å²) in [6.45, 7) is 15.9. The third-order valence-corrected chi connectivity index (χ3v) is 10.7. The molecule has 1 aliphatic rings. The maximum atomic E-state index is 14.1. The zero-order chi connectivity index (χ0) is 38.6. The van der Waals surface area contributed by atoms with Gasteiger partial charge in [0.05, 0.1) is 54.8 Å². The van der Waals surface area contributed by atoms with Crippen molar-refractivity contribution in [3.8, 4) is 0 Å². The smallest absolute Gasteiger partial charge is 0.245 e. The van der Waals surface area contributed by atoms with Crippen molar-refractivity contribution in [2.75, 3.05) is 34.9 Å². The Morgan fingerprint density at radius 3 is 2.04 bits per heavy atom. The fourth-order valence-electron chi connectivity index (χ4n) is 7.42. The topological polar surface area (TPSA) is 150 Å². The minimum atomic E-state index is -0.875. The Morgan fingerprint density at radius 1 is 0.922 bits per heavy atom. The van der Waals surface area contributed by atoms with Gasteiger partial charge in [-0.3, -0.25) is 19.2 Å². The zero-order valence-corrected chi connectivity index (χ0v) is 33.1. The number of amides is 4. The van der Waals surface area contributed by atoms with E-state index >= 15 is 0 Å². The van der Waals surface area contributed by atoms with Crippen LogP contribution in [0.3, 0.4) is 0 Å². The molecule has 2 rings (SSSR count). The fraction of sp³-hybridized carbons (Fsp3) is 0.744. The van der Waals surface area contributed by atoms with E-state index in [1.54, 1.807) is 52.0 Å². The maximum absolute atomic E-state index is 14.1. The van der Waals surface area contributed by atoms with Gasteiger partial charge in [-0.15, -0.1) is 0 Å². The molecule has 1 aliphatic heterocycles. The van der Waals surface area contributed by atoms with Crippen LogP contribution in [0, 0.1) is 23.7 Å². The number of hydrogen-bond donors (Lipinski definition) is 4. The average Bonchev–Trinajstić information content (AvgIpc) is 3.59. The fourth-order valence-corrected chi connectivity index (χ4v) is 7.42. The van der Waals surface area contributed by atoms with E-state index in [9.17, 15) is 24.3 Å². The van der Waals surface area contributed by atoms with Gasteiger partial charge in [0.1, 0.15) is 6.04 Å². The van der Waals surface area contributed by atoms with Gasteiger partial charge in [-0.25, -0.2) is 0 Å². The van der Waals surface area contributed by atoms with Crippen LogP contribution in [0.1, 0.15) is 92.7 Å². The zero-order valence-electron chi connectivity index (χ0n) is 33.1. The van der Waals surface area contributed by atoms with Crippen molar-refractivity contribution in [3.63, 3.8) is 0 Å². The van der Waals surface area contributed by atoms with Crippen LogP contribution in [0.5, 0.6) is 0 Å². The van der Waals surface area contributed by atoms with Crippen LogP contribution < -0.4 is 16.0 Å². The molecule has 1 aromatic rings. The number of carbonyl (C=O) groups excluding carboxylic acids is 4. The Bertz CT molecular complexity index is 1250. The summed E-state index contributed by atoms with van der Waals surface area (Å²) in [6, 6.07) is 6.67. The van der Waals surface area contributed by atoms with Crippen molar-refractivity contribution in [2.24, 2.45) is 23.7 Å². The molecular weight excluding hydrogens is 650 g/mol. The number of benzene rings is 1. The van der Waals surface area contributed by atoms with Gasteiger partial charge in [0.15, 0.2) is 0 Å². The third kappa shape index (κ3) is 11.5. The summed E-state index contributed by atoms with van der Waals surface area (Å²) in [6.07, 6.45) is 0.147. The first-order valence-corrected chi connectivity index (χ1v) is 18.7. The summed E-state index contributed by atoms with van der Waals surface area (Å²) in [4.78, 5) is 58.3. The highest BCUT2D eigenvalue weighted by atomic mass is 16.5. The molecule has 1 fully saturated rings. The molecule has 0 saturated carbocycles. The Balaban J connectivity index is 2.24. The van der Waals surface area contributed by atoms with E-state index in [2.05, 4.69) is 16.0 Å². The van der Waals surface area contributed by atoms with Crippen molar-refractivity contribution < 1.29 is 33.8 Å². The molecule has 0 spiro atoms. The van der Waals surface area contributed by atoms with Gasteiger partial charge < -0.3 is 40.3 Å². The van der Waals surface area contributed by atoms with Crippen molar-refractivity contribution >= 4 is 23.6 Å². The molecule has 4 N–H and O–H groups in total. The SMILES string of the molecule is CC[C@H](C)[C@@H]([C@H](CC(=O)N1CCC[C@H]1[C@H](OC)[C@@H](C)C(=O)N[C@@H](C)[C@H](O)c1ccccc1)OC)N(C)C(=O)[C@@H](NC(=O)[C@@H](NC)C(C)C)C(C)C. The highest BCUT2D eigenvalue weighted by molar-refractivity contribution is 5.90. The van der Waals surface area contributed by atoms with Crippen molar-refractivity contribution in [2.45, 2.75) is 130 Å². The number of likely N-dealkylation sites (tertiary alicyclic amines) is 1. The molecule has 1 heterocycles. The Morgan fingerprint density at radius 2 is 1.53 bits per heavy atom. The van der Waals surface area contributed by atoms with Crippen LogP contribution in [-0.4, -0.2) is 116 Å². The van der Waals surface area contributed by atoms with Gasteiger partial charge in [-0.1, -0.05) is 85.2 Å². The average molecular weight is 718 g/mol. The molecule has 1 saturated heterocycles. The van der Waals surface area contributed by atoms with Gasteiger partial charge >= 0.3 is 0 Å². The lowest BCUT2D eigenvalue weighted by Gasteiger charge is -2.41. The number of likely N-dealkylation sites (N-methyl/N-ethyl adjacent to an activating group) is 2. The number of nitrogens with one attached hydrogen (secondary N) is 3. The predicted molar refractivity (Wildman–Crippen MR) is 200 cm³/mol. The highest BCUT2D eigenvalue weighted by Gasteiger charge is 2.43. The quantitative estimate of drug-likeness (QED) is 0.160. The summed E-state index contributed by atoms with van der Waals surface area (Å²) in [5.74, 6) is -1.62. The number of aliphatic hydroxyl groups excluding tert-OH is 1. The lowest BCUT2D eigenvalue weighted by atomic mass is 9.89. The van der Waals surface area contributed by atoms with Crippen LogP contribution >= 0.6 is 0 Å². The van der Waals surface area contributed by atoms with Crippen LogP contribution in [-0.2, 0) is 28.7 Å². The lowest BCUT2D eigenvalue weighted by molar-refractivity contribution is -0.148. The second-order valence-corrected chi connectivity index (χ2v) is 15.0. The molecule has 4 amide bonds. The summed E-state index contributed by atoms with van der Waals surface area (Å²) < 4.78 is 11.9. The van der Waals surface area contributed by atoms with Crippen molar-refractivity contribution in [1.29, 1.82) is 0 Å². The van der Waals surface area contributed by atoms with Gasteiger partial charge in [0.25, 0.3) is 0 Å². The van der Waals surface area contributed by atoms with E-state index in [1.807, 2.05) is 71.9 Å². The number of nitrogens with zero attached hydrogens (tertiary/aromatic N) is 2. The van der Waals surface area contributed by atoms with E-state index in [4.69, 9.17) is 9.47 Å². The van der Waals surface area contributed by atoms with Gasteiger partial charge in [0, 0.05) is 27.8 Å². The standard InChI is InChI=1S/C39H67N5O7/c1-13-25(6)34(43(10)39(49)33(24(4)5)42-38(48)32(40-9)23(2)3)30(50-11)22-31(45)44-21-17-20-29(44)36(51-12)26(7)37(47)41-27(8)35(46)28-18-15-14-16-19-28/h14-16,18-19,23-27,29-30,32-36,40,46H,13,17,20-22H2,1-12H3,(H,41,47)(H,42,48)/t25-,26+,27-,29-,30-,32-,33-,34-,35-,36+/m0/s1. The first-order valence-electron chi connectivity index (χ1n) is 18.7. The van der Waals surface area contributed by atoms with Crippen LogP contribution in [0.25, 0.3) is 0 Å². The molecule has 0 aromatic heterocycles. The van der Waals surface area contributed by atoms with E-state index in [0.29, 0.717) is 18.5 Å². The first-order chi connectivity index (χ1) is 24.0. The minimum Gasteiger partial charge on any atom is -0.386 e. The third-order valence-electron chi connectivity index (χ3n) is 10.7. The molecule has 1 aromatic carbocycles. The monoisotopic (exact) mass is 718 g/mol. The molecule has 0 aliphatic carbocycles. The van der Waals surface area contributed by atoms with E-state index in [-0.39, 0.29) is 53.8 Å². The number of carbonyl (C=O) groups is 4. The van der Waals surface area contributed by atoms with Crippen LogP contribution in [0.15, 0.2) is 30.3 Å². The van der Waals surface area contributed by atoms with Crippen LogP contribution in [0.2, 0.25) is 0 Å². The molecule has 0 bridgehead atoms. The number of ether oxygens (including phenoxy) is 2. The molecule has 290 valence electrons. The lowest BCUT2D eigenvalue weighted by Crippen LogP contribution is -2.59. The molecule has 0 radical (unpaired) electrons. The molecular formula is C39H67N5O7. The summed E-state index contributed by atoms with van der Waals surface area (Å²) in [5, 5.41) is 19.8. The van der Waals surface area contributed by atoms with Gasteiger partial charge in [-0.2, -0.15) is 0 Å². The summed E-state index contributed by atoms with van der Waals surface area (Å²) in [5.41, 5.74) is 0.711. The number of hydrogen-bond acceptors (Lipinski definition) is 8. The Hall–Kier alpha value is -3.06. The maximum Gasteiger partial charge on any atom is 0.245 e. The van der Waals surface area contributed by atoms with Crippen LogP contribution in [0.4, 0.5) is 0 Å². The number of methoxy groups -OCH3 is 2. The van der Waals surface area contributed by atoms with Crippen molar-refractivity contribution in [1.82, 2.24) is 25.8 Å². The Kier molecular flexibility index (Phi) is 18.0.